The van der Waals surface area contributed by atoms with Crippen molar-refractivity contribution in [3.63, 3.8) is 0 Å². The molecule has 4 heteroatoms. The van der Waals surface area contributed by atoms with E-state index in [0.717, 1.165) is 18.6 Å². The van der Waals surface area contributed by atoms with Crippen LogP contribution in [0.5, 0.6) is 0 Å². The quantitative estimate of drug-likeness (QED) is 0.854. The minimum Gasteiger partial charge on any atom is -0.469 e. The van der Waals surface area contributed by atoms with Crippen molar-refractivity contribution in [3.8, 4) is 0 Å². The highest BCUT2D eigenvalue weighted by molar-refractivity contribution is 5.05. The van der Waals surface area contributed by atoms with Crippen LogP contribution in [0.1, 0.15) is 31.4 Å². The number of rotatable bonds is 2. The molecule has 2 heterocycles. The van der Waals surface area contributed by atoms with Crippen molar-refractivity contribution < 1.29 is 19.0 Å². The van der Waals surface area contributed by atoms with Crippen molar-refractivity contribution in [2.24, 2.45) is 0 Å². The van der Waals surface area contributed by atoms with Gasteiger partial charge in [0.2, 0.25) is 0 Å². The summed E-state index contributed by atoms with van der Waals surface area (Å²) in [5.74, 6) is 0.437. The van der Waals surface area contributed by atoms with E-state index in [1.54, 1.807) is 6.26 Å². The number of ether oxygens (including phenoxy) is 2. The first-order valence-corrected chi connectivity index (χ1v) is 6.23. The number of hydrogen-bond acceptors (Lipinski definition) is 4. The second kappa shape index (κ2) is 4.12. The van der Waals surface area contributed by atoms with Crippen molar-refractivity contribution in [2.45, 2.75) is 43.5 Å². The van der Waals surface area contributed by atoms with Crippen LogP contribution >= 0.6 is 0 Å². The van der Waals surface area contributed by atoms with Crippen LogP contribution in [0, 0.1) is 0 Å². The summed E-state index contributed by atoms with van der Waals surface area (Å²) in [4.78, 5) is 0. The third kappa shape index (κ3) is 2.25. The van der Waals surface area contributed by atoms with E-state index in [4.69, 9.17) is 13.9 Å². The van der Waals surface area contributed by atoms with Gasteiger partial charge in [-0.25, -0.2) is 0 Å². The fourth-order valence-corrected chi connectivity index (χ4v) is 2.80. The van der Waals surface area contributed by atoms with Gasteiger partial charge in [0, 0.05) is 19.3 Å². The molecule has 1 spiro atoms. The van der Waals surface area contributed by atoms with Crippen molar-refractivity contribution >= 4 is 0 Å². The number of furan rings is 1. The van der Waals surface area contributed by atoms with Crippen LogP contribution in [0.3, 0.4) is 0 Å². The smallest absolute Gasteiger partial charge is 0.168 e. The molecule has 0 amide bonds. The van der Waals surface area contributed by atoms with E-state index < -0.39 is 11.4 Å². The van der Waals surface area contributed by atoms with Crippen LogP contribution in [0.25, 0.3) is 0 Å². The molecule has 1 aromatic heterocycles. The first kappa shape index (κ1) is 11.3. The molecule has 0 aromatic carbocycles. The standard InChI is InChI=1S/C13H18O4/c14-12(10-11-2-1-7-15-11)3-5-13(6-4-12)16-8-9-17-13/h1-2,7,14H,3-6,8-10H2. The Morgan fingerprint density at radius 3 is 2.41 bits per heavy atom. The Morgan fingerprint density at radius 2 is 1.82 bits per heavy atom. The van der Waals surface area contributed by atoms with Gasteiger partial charge in [0.25, 0.3) is 0 Å². The van der Waals surface area contributed by atoms with Crippen molar-refractivity contribution in [2.75, 3.05) is 13.2 Å². The van der Waals surface area contributed by atoms with Gasteiger partial charge in [0.05, 0.1) is 25.1 Å². The Hall–Kier alpha value is -0.840. The third-order valence-corrected chi connectivity index (χ3v) is 3.84. The molecule has 3 rings (SSSR count). The topological polar surface area (TPSA) is 51.8 Å². The normalized spacial score (nSPS) is 26.4. The highest BCUT2D eigenvalue weighted by Crippen LogP contribution is 2.41. The summed E-state index contributed by atoms with van der Waals surface area (Å²) < 4.78 is 16.6. The maximum Gasteiger partial charge on any atom is 0.168 e. The average Bonchev–Trinajstić information content (AvgIpc) is 2.96. The molecule has 4 nitrogen and oxygen atoms in total. The molecule has 1 N–H and O–H groups in total. The molecular formula is C13H18O4. The Morgan fingerprint density at radius 1 is 1.12 bits per heavy atom. The molecule has 1 aliphatic carbocycles. The fraction of sp³-hybridized carbons (Fsp3) is 0.692. The summed E-state index contributed by atoms with van der Waals surface area (Å²) in [5, 5.41) is 10.5. The predicted molar refractivity (Wildman–Crippen MR) is 60.5 cm³/mol. The van der Waals surface area contributed by atoms with Crippen molar-refractivity contribution in [1.82, 2.24) is 0 Å². The molecular weight excluding hydrogens is 220 g/mol. The minimum absolute atomic E-state index is 0.407. The lowest BCUT2D eigenvalue weighted by Gasteiger charge is -2.40. The monoisotopic (exact) mass is 238 g/mol. The van der Waals surface area contributed by atoms with E-state index in [2.05, 4.69) is 0 Å². The van der Waals surface area contributed by atoms with E-state index in [1.165, 1.54) is 0 Å². The third-order valence-electron chi connectivity index (χ3n) is 3.84. The first-order valence-electron chi connectivity index (χ1n) is 6.23. The lowest BCUT2D eigenvalue weighted by atomic mass is 9.79. The van der Waals surface area contributed by atoms with Gasteiger partial charge in [-0.05, 0) is 25.0 Å². The average molecular weight is 238 g/mol. The Labute approximate surface area is 101 Å². The van der Waals surface area contributed by atoms with E-state index in [0.29, 0.717) is 32.5 Å². The number of hydrogen-bond donors (Lipinski definition) is 1. The molecule has 17 heavy (non-hydrogen) atoms. The Balaban J connectivity index is 1.63. The lowest BCUT2D eigenvalue weighted by molar-refractivity contribution is -0.202. The maximum atomic E-state index is 10.5. The molecule has 0 atom stereocenters. The van der Waals surface area contributed by atoms with Gasteiger partial charge in [-0.3, -0.25) is 0 Å². The van der Waals surface area contributed by atoms with Crippen LogP contribution in [0.15, 0.2) is 22.8 Å². The summed E-state index contributed by atoms with van der Waals surface area (Å²) in [7, 11) is 0. The van der Waals surface area contributed by atoms with Crippen LogP contribution in [0.4, 0.5) is 0 Å². The van der Waals surface area contributed by atoms with E-state index in [9.17, 15) is 5.11 Å². The molecule has 1 saturated carbocycles. The zero-order valence-corrected chi connectivity index (χ0v) is 9.85. The van der Waals surface area contributed by atoms with Gasteiger partial charge in [-0.2, -0.15) is 0 Å². The van der Waals surface area contributed by atoms with Crippen molar-refractivity contribution in [3.05, 3.63) is 24.2 Å². The predicted octanol–water partition coefficient (Wildman–Crippen LogP) is 1.87. The van der Waals surface area contributed by atoms with E-state index in [1.807, 2.05) is 12.1 Å². The van der Waals surface area contributed by atoms with Crippen LogP contribution in [0.2, 0.25) is 0 Å². The van der Waals surface area contributed by atoms with Gasteiger partial charge in [0.1, 0.15) is 5.76 Å². The highest BCUT2D eigenvalue weighted by Gasteiger charge is 2.45. The zero-order valence-electron chi connectivity index (χ0n) is 9.85. The second-order valence-electron chi connectivity index (χ2n) is 5.09. The van der Waals surface area contributed by atoms with Gasteiger partial charge in [-0.1, -0.05) is 0 Å². The van der Waals surface area contributed by atoms with Gasteiger partial charge < -0.3 is 19.0 Å². The largest absolute Gasteiger partial charge is 0.469 e. The molecule has 1 aliphatic heterocycles. The van der Waals surface area contributed by atoms with Gasteiger partial charge in [0.15, 0.2) is 5.79 Å². The molecule has 1 saturated heterocycles. The SMILES string of the molecule is OC1(Cc2ccco2)CCC2(CC1)OCCO2. The summed E-state index contributed by atoms with van der Waals surface area (Å²) >= 11 is 0. The number of aliphatic hydroxyl groups is 1. The van der Waals surface area contributed by atoms with Crippen molar-refractivity contribution in [1.29, 1.82) is 0 Å². The van der Waals surface area contributed by atoms with Crippen LogP contribution < -0.4 is 0 Å². The maximum absolute atomic E-state index is 10.5. The molecule has 94 valence electrons. The van der Waals surface area contributed by atoms with E-state index in [-0.39, 0.29) is 0 Å². The lowest BCUT2D eigenvalue weighted by Crippen LogP contribution is -2.44. The fourth-order valence-electron chi connectivity index (χ4n) is 2.80. The molecule has 0 radical (unpaired) electrons. The molecule has 1 aromatic rings. The molecule has 2 fully saturated rings. The van der Waals surface area contributed by atoms with Crippen LogP contribution in [-0.2, 0) is 15.9 Å². The first-order chi connectivity index (χ1) is 8.20. The Kier molecular flexibility index (Phi) is 2.73. The van der Waals surface area contributed by atoms with Gasteiger partial charge >= 0.3 is 0 Å². The summed E-state index contributed by atoms with van der Waals surface area (Å²) in [6.45, 7) is 1.35. The molecule has 2 aliphatic rings. The van der Waals surface area contributed by atoms with Gasteiger partial charge in [-0.15, -0.1) is 0 Å². The molecule has 0 unspecified atom stereocenters. The van der Waals surface area contributed by atoms with E-state index >= 15 is 0 Å². The molecule has 0 bridgehead atoms. The second-order valence-corrected chi connectivity index (χ2v) is 5.09. The summed E-state index contributed by atoms with van der Waals surface area (Å²) in [6.07, 6.45) is 5.16. The zero-order chi connectivity index (χ0) is 11.8. The Bertz CT molecular complexity index is 355. The highest BCUT2D eigenvalue weighted by atomic mass is 16.7. The minimum atomic E-state index is -0.668. The summed E-state index contributed by atoms with van der Waals surface area (Å²) in [6, 6.07) is 3.76. The summed E-state index contributed by atoms with van der Waals surface area (Å²) in [5.41, 5.74) is -0.668. The van der Waals surface area contributed by atoms with Crippen LogP contribution in [-0.4, -0.2) is 29.7 Å².